The van der Waals surface area contributed by atoms with Gasteiger partial charge in [-0.05, 0) is 90.5 Å². The van der Waals surface area contributed by atoms with Crippen LogP contribution in [0.3, 0.4) is 0 Å². The topological polar surface area (TPSA) is 80.6 Å². The number of nitrogens with zero attached hydrogens (tertiary/aromatic N) is 1. The molecule has 0 aliphatic carbocycles. The highest BCUT2D eigenvalue weighted by molar-refractivity contribution is 14.1. The molecule has 8 heteroatoms. The zero-order valence-electron chi connectivity index (χ0n) is 19.3. The van der Waals surface area contributed by atoms with Crippen molar-refractivity contribution in [2.45, 2.75) is 20.5 Å². The van der Waals surface area contributed by atoms with Crippen LogP contribution in [0, 0.1) is 14.9 Å². The van der Waals surface area contributed by atoms with Crippen LogP contribution in [0.5, 0.6) is 17.2 Å². The van der Waals surface area contributed by atoms with Crippen molar-refractivity contribution in [3.05, 3.63) is 86.0 Å². The number of benzene rings is 3. The summed E-state index contributed by atoms with van der Waals surface area (Å²) in [5.41, 5.74) is 2.02. The van der Waals surface area contributed by atoms with Crippen LogP contribution in [0.2, 0.25) is 5.02 Å². The molecule has 0 saturated heterocycles. The third-order valence-electron chi connectivity index (χ3n) is 4.76. The molecule has 0 aliphatic heterocycles. The van der Waals surface area contributed by atoms with Gasteiger partial charge in [-0.1, -0.05) is 29.8 Å². The summed E-state index contributed by atoms with van der Waals surface area (Å²) in [5, 5.41) is 13.0. The summed E-state index contributed by atoms with van der Waals surface area (Å²) in [6, 6.07) is 20.0. The number of rotatable bonds is 10. The van der Waals surface area contributed by atoms with Crippen LogP contribution in [0.4, 0.5) is 5.69 Å². The fourth-order valence-electron chi connectivity index (χ4n) is 3.15. The first-order chi connectivity index (χ1) is 16.9. The number of nitrogens with one attached hydrogen (secondary N) is 1. The Bertz CT molecular complexity index is 1250. The molecule has 1 N–H and O–H groups in total. The second-order valence-electron chi connectivity index (χ2n) is 7.22. The highest BCUT2D eigenvalue weighted by atomic mass is 127. The van der Waals surface area contributed by atoms with E-state index in [1.165, 1.54) is 6.08 Å². The van der Waals surface area contributed by atoms with Gasteiger partial charge < -0.3 is 19.5 Å². The van der Waals surface area contributed by atoms with Crippen LogP contribution in [-0.2, 0) is 11.4 Å². The van der Waals surface area contributed by atoms with E-state index in [0.29, 0.717) is 46.7 Å². The number of nitriles is 1. The summed E-state index contributed by atoms with van der Waals surface area (Å²) >= 11 is 8.39. The number of amides is 1. The molecule has 3 rings (SSSR count). The molecule has 0 radical (unpaired) electrons. The fraction of sp³-hybridized carbons (Fsp3) is 0.185. The molecular weight excluding hydrogens is 579 g/mol. The monoisotopic (exact) mass is 602 g/mol. The molecule has 0 unspecified atom stereocenters. The fourth-order valence-corrected chi connectivity index (χ4v) is 4.13. The van der Waals surface area contributed by atoms with Crippen LogP contribution in [-0.4, -0.2) is 19.1 Å². The van der Waals surface area contributed by atoms with E-state index in [2.05, 4.69) is 27.9 Å². The SMILES string of the molecule is CCOc1ccc(NC(=O)/C(C#N)=C\c2cc(I)c(OCc3ccccc3Cl)c(OCC)c2)cc1. The summed E-state index contributed by atoms with van der Waals surface area (Å²) in [5.74, 6) is 1.28. The lowest BCUT2D eigenvalue weighted by molar-refractivity contribution is -0.112. The van der Waals surface area contributed by atoms with Gasteiger partial charge in [-0.3, -0.25) is 4.79 Å². The van der Waals surface area contributed by atoms with E-state index in [1.54, 1.807) is 30.3 Å². The van der Waals surface area contributed by atoms with Gasteiger partial charge in [0.15, 0.2) is 11.5 Å². The largest absolute Gasteiger partial charge is 0.494 e. The van der Waals surface area contributed by atoms with Crippen molar-refractivity contribution in [3.8, 4) is 23.3 Å². The lowest BCUT2D eigenvalue weighted by Crippen LogP contribution is -2.13. The van der Waals surface area contributed by atoms with Crippen molar-refractivity contribution >= 4 is 51.9 Å². The minimum absolute atomic E-state index is 0.0399. The molecule has 0 bridgehead atoms. The van der Waals surface area contributed by atoms with Crippen molar-refractivity contribution in [3.63, 3.8) is 0 Å². The lowest BCUT2D eigenvalue weighted by Gasteiger charge is -2.15. The van der Waals surface area contributed by atoms with Gasteiger partial charge in [-0.2, -0.15) is 5.26 Å². The number of halogens is 2. The standard InChI is InChI=1S/C27H24ClIN2O4/c1-3-33-22-11-9-21(10-12-22)31-27(32)20(16-30)13-18-14-24(29)26(25(15-18)34-4-2)35-17-19-7-5-6-8-23(19)28/h5-15H,3-4,17H2,1-2H3,(H,31,32)/b20-13-. The summed E-state index contributed by atoms with van der Waals surface area (Å²) in [6.07, 6.45) is 1.52. The number of carbonyl (C=O) groups is 1. The number of ether oxygens (including phenoxy) is 3. The van der Waals surface area contributed by atoms with Crippen molar-refractivity contribution in [1.82, 2.24) is 0 Å². The van der Waals surface area contributed by atoms with E-state index in [9.17, 15) is 10.1 Å². The molecule has 0 aromatic heterocycles. The Morgan fingerprint density at radius 3 is 2.43 bits per heavy atom. The summed E-state index contributed by atoms with van der Waals surface area (Å²) < 4.78 is 18.0. The summed E-state index contributed by atoms with van der Waals surface area (Å²) in [4.78, 5) is 12.7. The van der Waals surface area contributed by atoms with Crippen LogP contribution >= 0.6 is 34.2 Å². The minimum atomic E-state index is -0.510. The molecule has 0 spiro atoms. The van der Waals surface area contributed by atoms with Gasteiger partial charge in [-0.15, -0.1) is 0 Å². The molecule has 0 atom stereocenters. The van der Waals surface area contributed by atoms with Crippen molar-refractivity contribution < 1.29 is 19.0 Å². The maximum atomic E-state index is 12.7. The summed E-state index contributed by atoms with van der Waals surface area (Å²) in [7, 11) is 0. The molecule has 3 aromatic rings. The summed E-state index contributed by atoms with van der Waals surface area (Å²) in [6.45, 7) is 5.03. The second-order valence-corrected chi connectivity index (χ2v) is 8.79. The van der Waals surface area contributed by atoms with Crippen LogP contribution < -0.4 is 19.5 Å². The van der Waals surface area contributed by atoms with Crippen LogP contribution in [0.1, 0.15) is 25.0 Å². The Kier molecular flexibility index (Phi) is 9.82. The Labute approximate surface area is 223 Å². The Morgan fingerprint density at radius 1 is 1.06 bits per heavy atom. The van der Waals surface area contributed by atoms with E-state index in [0.717, 1.165) is 9.13 Å². The number of hydrogen-bond acceptors (Lipinski definition) is 5. The average molecular weight is 603 g/mol. The lowest BCUT2D eigenvalue weighted by atomic mass is 10.1. The number of hydrogen-bond donors (Lipinski definition) is 1. The normalized spacial score (nSPS) is 10.9. The highest BCUT2D eigenvalue weighted by Gasteiger charge is 2.15. The van der Waals surface area contributed by atoms with Gasteiger partial charge in [0, 0.05) is 16.3 Å². The smallest absolute Gasteiger partial charge is 0.266 e. The predicted molar refractivity (Wildman–Crippen MR) is 146 cm³/mol. The molecule has 6 nitrogen and oxygen atoms in total. The van der Waals surface area contributed by atoms with Crippen molar-refractivity contribution in [2.75, 3.05) is 18.5 Å². The number of anilines is 1. The van der Waals surface area contributed by atoms with Crippen LogP contribution in [0.25, 0.3) is 6.08 Å². The van der Waals surface area contributed by atoms with Crippen LogP contribution in [0.15, 0.2) is 66.2 Å². The van der Waals surface area contributed by atoms with Crippen molar-refractivity contribution in [2.24, 2.45) is 0 Å². The molecule has 3 aromatic carbocycles. The Balaban J connectivity index is 1.81. The molecule has 35 heavy (non-hydrogen) atoms. The first kappa shape index (κ1) is 26.4. The van der Waals surface area contributed by atoms with Gasteiger partial charge in [0.25, 0.3) is 5.91 Å². The predicted octanol–water partition coefficient (Wildman–Crippen LogP) is 6.87. The van der Waals surface area contributed by atoms with E-state index in [-0.39, 0.29) is 12.2 Å². The molecule has 0 heterocycles. The van der Waals surface area contributed by atoms with Crippen molar-refractivity contribution in [1.29, 1.82) is 5.26 Å². The third-order valence-corrected chi connectivity index (χ3v) is 5.93. The Morgan fingerprint density at radius 2 is 1.77 bits per heavy atom. The van der Waals surface area contributed by atoms with Gasteiger partial charge in [0.1, 0.15) is 24.0 Å². The van der Waals surface area contributed by atoms with E-state index >= 15 is 0 Å². The first-order valence-electron chi connectivity index (χ1n) is 10.9. The zero-order valence-corrected chi connectivity index (χ0v) is 22.2. The molecule has 0 aliphatic rings. The highest BCUT2D eigenvalue weighted by Crippen LogP contribution is 2.36. The van der Waals surface area contributed by atoms with Gasteiger partial charge in [0.05, 0.1) is 16.8 Å². The molecule has 0 fully saturated rings. The van der Waals surface area contributed by atoms with E-state index in [1.807, 2.05) is 50.2 Å². The maximum Gasteiger partial charge on any atom is 0.266 e. The molecular formula is C27H24ClIN2O4. The third kappa shape index (κ3) is 7.38. The van der Waals surface area contributed by atoms with Gasteiger partial charge in [-0.25, -0.2) is 0 Å². The molecule has 0 saturated carbocycles. The molecule has 1 amide bonds. The first-order valence-corrected chi connectivity index (χ1v) is 12.4. The number of carbonyl (C=O) groups excluding carboxylic acids is 1. The minimum Gasteiger partial charge on any atom is -0.494 e. The quantitative estimate of drug-likeness (QED) is 0.156. The van der Waals surface area contributed by atoms with Gasteiger partial charge >= 0.3 is 0 Å². The Hall–Kier alpha value is -3.22. The van der Waals surface area contributed by atoms with Gasteiger partial charge in [0.2, 0.25) is 0 Å². The van der Waals surface area contributed by atoms with E-state index < -0.39 is 5.91 Å². The second kappa shape index (κ2) is 13.0. The average Bonchev–Trinajstić information content (AvgIpc) is 2.84. The maximum absolute atomic E-state index is 12.7. The zero-order chi connectivity index (χ0) is 25.2. The van der Waals surface area contributed by atoms with E-state index in [4.69, 9.17) is 25.8 Å². The molecule has 180 valence electrons.